The van der Waals surface area contributed by atoms with E-state index < -0.39 is 23.3 Å². The molecule has 31 heavy (non-hydrogen) atoms. The maximum atomic E-state index is 13.1. The smallest absolute Gasteiger partial charge is 0.332 e. The first-order valence-corrected chi connectivity index (χ1v) is 11.1. The molecule has 3 aromatic heterocycles. The number of pyridine rings is 1. The summed E-state index contributed by atoms with van der Waals surface area (Å²) in [5.41, 5.74) is 0.357. The molecule has 0 aliphatic heterocycles. The lowest BCUT2D eigenvalue weighted by atomic mass is 9.99. The Hall–Kier alpha value is -2.94. The Morgan fingerprint density at radius 3 is 2.71 bits per heavy atom. The van der Waals surface area contributed by atoms with Crippen molar-refractivity contribution in [2.45, 2.75) is 59.2 Å². The van der Waals surface area contributed by atoms with Gasteiger partial charge in [-0.05, 0) is 38.8 Å². The Kier molecular flexibility index (Phi) is 6.64. The summed E-state index contributed by atoms with van der Waals surface area (Å²) in [5.74, 6) is -0.870. The number of carbonyl (C=O) groups is 1. The molecule has 166 valence electrons. The largest absolute Gasteiger partial charge is 0.493 e. The van der Waals surface area contributed by atoms with Gasteiger partial charge < -0.3 is 9.84 Å². The molecule has 0 saturated carbocycles. The van der Waals surface area contributed by atoms with Crippen LogP contribution in [0.25, 0.3) is 10.6 Å². The van der Waals surface area contributed by atoms with Gasteiger partial charge in [-0.1, -0.05) is 20.3 Å². The van der Waals surface area contributed by atoms with Gasteiger partial charge >= 0.3 is 11.7 Å². The molecule has 3 rings (SSSR count). The topological polar surface area (TPSA) is 99.2 Å². The van der Waals surface area contributed by atoms with Crippen LogP contribution in [0.1, 0.15) is 52.8 Å². The van der Waals surface area contributed by atoms with Gasteiger partial charge in [-0.25, -0.2) is 14.6 Å². The predicted molar refractivity (Wildman–Crippen MR) is 119 cm³/mol. The average molecular weight is 445 g/mol. The summed E-state index contributed by atoms with van der Waals surface area (Å²) >= 11 is 1.44. The number of hydrogen-bond donors (Lipinski definition) is 1. The highest BCUT2D eigenvalue weighted by molar-refractivity contribution is 7.13. The van der Waals surface area contributed by atoms with Gasteiger partial charge in [0.25, 0.3) is 0 Å². The Morgan fingerprint density at radius 2 is 2.10 bits per heavy atom. The minimum absolute atomic E-state index is 0.0932. The van der Waals surface area contributed by atoms with Gasteiger partial charge in [-0.15, -0.1) is 11.3 Å². The van der Waals surface area contributed by atoms with Gasteiger partial charge in [-0.2, -0.15) is 0 Å². The van der Waals surface area contributed by atoms with Crippen LogP contribution in [0.15, 0.2) is 40.9 Å². The van der Waals surface area contributed by atoms with Crippen LogP contribution in [0.4, 0.5) is 0 Å². The Balaban J connectivity index is 1.91. The van der Waals surface area contributed by atoms with E-state index in [1.165, 1.54) is 26.7 Å². The van der Waals surface area contributed by atoms with E-state index in [9.17, 15) is 14.7 Å². The molecule has 1 N–H and O–H groups in total. The first kappa shape index (κ1) is 22.7. The third-order valence-corrected chi connectivity index (χ3v) is 5.83. The van der Waals surface area contributed by atoms with Crippen LogP contribution < -0.4 is 5.69 Å². The van der Waals surface area contributed by atoms with Gasteiger partial charge in [0.1, 0.15) is 16.7 Å². The first-order valence-electron chi connectivity index (χ1n) is 10.2. The fraction of sp³-hybridized carbons (Fsp3) is 0.455. The Labute approximate surface area is 185 Å². The molecule has 3 heterocycles. The lowest BCUT2D eigenvalue weighted by Gasteiger charge is -2.27. The number of aromatic hydroxyl groups is 1. The normalized spacial score (nSPS) is 13.7. The van der Waals surface area contributed by atoms with E-state index >= 15 is 0 Å². The molecule has 0 spiro atoms. The molecule has 0 bridgehead atoms. The number of hydrogen-bond acceptors (Lipinski definition) is 7. The van der Waals surface area contributed by atoms with Gasteiger partial charge in [0.15, 0.2) is 0 Å². The number of esters is 1. The van der Waals surface area contributed by atoms with E-state index in [0.29, 0.717) is 12.1 Å². The summed E-state index contributed by atoms with van der Waals surface area (Å²) in [4.78, 5) is 34.6. The van der Waals surface area contributed by atoms with Gasteiger partial charge in [0.2, 0.25) is 5.88 Å². The van der Waals surface area contributed by atoms with E-state index in [4.69, 9.17) is 4.74 Å². The predicted octanol–water partition coefficient (Wildman–Crippen LogP) is 3.85. The van der Waals surface area contributed by atoms with E-state index in [0.717, 1.165) is 10.6 Å². The fourth-order valence-electron chi connectivity index (χ4n) is 3.20. The minimum atomic E-state index is -0.828. The van der Waals surface area contributed by atoms with Crippen LogP contribution in [-0.4, -0.2) is 35.8 Å². The highest BCUT2D eigenvalue weighted by Crippen LogP contribution is 2.27. The summed E-state index contributed by atoms with van der Waals surface area (Å²) in [6.45, 7) is 9.27. The van der Waals surface area contributed by atoms with Crippen LogP contribution in [0.5, 0.6) is 5.88 Å². The maximum absolute atomic E-state index is 13.1. The number of thiazole rings is 1. The van der Waals surface area contributed by atoms with Gasteiger partial charge in [-0.3, -0.25) is 14.1 Å². The number of carbonyl (C=O) groups excluding carboxylic acids is 1. The molecule has 0 radical (unpaired) electrons. The third kappa shape index (κ3) is 5.22. The zero-order valence-electron chi connectivity index (χ0n) is 18.4. The van der Waals surface area contributed by atoms with Crippen molar-refractivity contribution in [2.24, 2.45) is 5.92 Å². The first-order chi connectivity index (χ1) is 14.6. The number of nitrogens with zero attached hydrogens (tertiary/aromatic N) is 4. The maximum Gasteiger partial charge on any atom is 0.332 e. The van der Waals surface area contributed by atoms with Crippen molar-refractivity contribution in [3.8, 4) is 16.5 Å². The number of aromatic nitrogens is 4. The number of rotatable bonds is 7. The molecule has 0 amide bonds. The van der Waals surface area contributed by atoms with Crippen molar-refractivity contribution in [2.75, 3.05) is 0 Å². The standard InChI is InChI=1S/C22H28N4O4S/c1-6-14(2)18(20(28)30-22(3,4)5)26-12-17(27)25(21(26)29)11-16-13-31-19(24-16)15-8-7-9-23-10-15/h7-10,12-14,18,27H,6,11H2,1-5H3/t14-,18-/m0/s1. The van der Waals surface area contributed by atoms with Crippen molar-refractivity contribution in [1.82, 2.24) is 19.1 Å². The number of imidazole rings is 1. The summed E-state index contributed by atoms with van der Waals surface area (Å²) in [6.07, 6.45) is 5.39. The molecular weight excluding hydrogens is 416 g/mol. The molecule has 0 aliphatic rings. The molecular formula is C22H28N4O4S. The van der Waals surface area contributed by atoms with Crippen molar-refractivity contribution >= 4 is 17.3 Å². The van der Waals surface area contributed by atoms with Crippen LogP contribution in [0, 0.1) is 5.92 Å². The van der Waals surface area contributed by atoms with E-state index in [1.54, 1.807) is 33.2 Å². The molecule has 0 unspecified atom stereocenters. The number of ether oxygens (including phenoxy) is 1. The van der Waals surface area contributed by atoms with Crippen LogP contribution >= 0.6 is 11.3 Å². The molecule has 0 aromatic carbocycles. The lowest BCUT2D eigenvalue weighted by Crippen LogP contribution is -2.38. The second-order valence-electron chi connectivity index (χ2n) is 8.51. The zero-order valence-corrected chi connectivity index (χ0v) is 19.2. The van der Waals surface area contributed by atoms with Crippen molar-refractivity contribution in [3.05, 3.63) is 52.3 Å². The molecule has 0 fully saturated rings. The minimum Gasteiger partial charge on any atom is -0.493 e. The van der Waals surface area contributed by atoms with Crippen LogP contribution in [-0.2, 0) is 16.1 Å². The summed E-state index contributed by atoms with van der Waals surface area (Å²) < 4.78 is 8.03. The molecule has 9 heteroatoms. The van der Waals surface area contributed by atoms with Crippen molar-refractivity contribution in [3.63, 3.8) is 0 Å². The van der Waals surface area contributed by atoms with Gasteiger partial charge in [0, 0.05) is 23.3 Å². The highest BCUT2D eigenvalue weighted by Gasteiger charge is 2.33. The van der Waals surface area contributed by atoms with E-state index in [2.05, 4.69) is 9.97 Å². The second-order valence-corrected chi connectivity index (χ2v) is 9.37. The summed E-state index contributed by atoms with van der Waals surface area (Å²) in [6, 6.07) is 2.91. The molecule has 3 aromatic rings. The van der Waals surface area contributed by atoms with Crippen LogP contribution in [0.2, 0.25) is 0 Å². The zero-order chi connectivity index (χ0) is 22.8. The third-order valence-electron chi connectivity index (χ3n) is 4.89. The van der Waals surface area contributed by atoms with Gasteiger partial charge in [0.05, 0.1) is 18.4 Å². The second kappa shape index (κ2) is 9.05. The Bertz CT molecular complexity index is 1090. The summed E-state index contributed by atoms with van der Waals surface area (Å²) in [5, 5.41) is 13.1. The Morgan fingerprint density at radius 1 is 1.35 bits per heavy atom. The van der Waals surface area contributed by atoms with Crippen molar-refractivity contribution in [1.29, 1.82) is 0 Å². The van der Waals surface area contributed by atoms with Crippen molar-refractivity contribution < 1.29 is 14.6 Å². The fourth-order valence-corrected chi connectivity index (χ4v) is 4.01. The molecule has 0 aliphatic carbocycles. The molecule has 8 nitrogen and oxygen atoms in total. The quantitative estimate of drug-likeness (QED) is 0.556. The monoisotopic (exact) mass is 444 g/mol. The van der Waals surface area contributed by atoms with E-state index in [1.807, 2.05) is 31.4 Å². The van der Waals surface area contributed by atoms with Crippen LogP contribution in [0.3, 0.4) is 0 Å². The average Bonchev–Trinajstić information content (AvgIpc) is 3.28. The summed E-state index contributed by atoms with van der Waals surface area (Å²) in [7, 11) is 0. The molecule has 0 saturated heterocycles. The SMILES string of the molecule is CC[C@H](C)[C@@H](C(=O)OC(C)(C)C)n1cc(O)n(Cc2csc(-c3cccnc3)n2)c1=O. The lowest BCUT2D eigenvalue weighted by molar-refractivity contribution is -0.161. The molecule has 2 atom stereocenters. The highest BCUT2D eigenvalue weighted by atomic mass is 32.1. The van der Waals surface area contributed by atoms with E-state index in [-0.39, 0.29) is 18.3 Å².